The van der Waals surface area contributed by atoms with Crippen LogP contribution in [0, 0.1) is 20.6 Å². The number of benzene rings is 2. The van der Waals surface area contributed by atoms with Crippen LogP contribution < -0.4 is 5.32 Å². The fourth-order valence-electron chi connectivity index (χ4n) is 2.32. The number of nitro groups is 1. The number of hydrogen-bond donors (Lipinski definition) is 1. The minimum Gasteiger partial charge on any atom is -0.321 e. The van der Waals surface area contributed by atoms with E-state index in [1.54, 1.807) is 6.07 Å². The van der Waals surface area contributed by atoms with Crippen molar-refractivity contribution in [2.24, 2.45) is 0 Å². The Morgan fingerprint density at radius 1 is 1.26 bits per heavy atom. The third-order valence-electron chi connectivity index (χ3n) is 3.57. The van der Waals surface area contributed by atoms with Crippen LogP contribution in [0.4, 0.5) is 11.4 Å². The number of amides is 1. The Bertz CT molecular complexity index is 772. The Morgan fingerprint density at radius 2 is 1.96 bits per heavy atom. The molecule has 0 radical (unpaired) electrons. The molecule has 0 fully saturated rings. The Morgan fingerprint density at radius 3 is 2.57 bits per heavy atom. The van der Waals surface area contributed by atoms with Gasteiger partial charge >= 0.3 is 0 Å². The van der Waals surface area contributed by atoms with Crippen molar-refractivity contribution >= 4 is 39.9 Å². The fraction of sp³-hybridized carbons (Fsp3) is 0.235. The molecule has 6 heteroatoms. The first-order valence-electron chi connectivity index (χ1n) is 7.16. The van der Waals surface area contributed by atoms with Crippen LogP contribution in [0.5, 0.6) is 0 Å². The molecule has 0 saturated carbocycles. The summed E-state index contributed by atoms with van der Waals surface area (Å²) in [5.41, 5.74) is 2.99. The van der Waals surface area contributed by atoms with Gasteiger partial charge in [0.25, 0.3) is 11.6 Å². The van der Waals surface area contributed by atoms with Gasteiger partial charge in [-0.1, -0.05) is 32.0 Å². The Balaban J connectivity index is 2.41. The summed E-state index contributed by atoms with van der Waals surface area (Å²) in [5.74, 6) is -0.0799. The molecule has 120 valence electrons. The lowest BCUT2D eigenvalue weighted by Gasteiger charge is -2.16. The summed E-state index contributed by atoms with van der Waals surface area (Å²) in [4.78, 5) is 23.0. The van der Waals surface area contributed by atoms with Crippen molar-refractivity contribution in [3.8, 4) is 0 Å². The maximum absolute atomic E-state index is 12.6. The molecule has 2 aromatic rings. The van der Waals surface area contributed by atoms with E-state index in [2.05, 4.69) is 19.2 Å². The van der Waals surface area contributed by atoms with Crippen molar-refractivity contribution in [1.29, 1.82) is 0 Å². The predicted octanol–water partition coefficient (Wildman–Crippen LogP) is 4.88. The lowest BCUT2D eigenvalue weighted by atomic mass is 9.98. The smallest absolute Gasteiger partial charge is 0.270 e. The quantitative estimate of drug-likeness (QED) is 0.432. The molecule has 1 amide bonds. The number of carbonyl (C=O) groups is 1. The number of non-ortho nitro benzene ring substituents is 1. The number of aryl methyl sites for hydroxylation is 1. The monoisotopic (exact) mass is 424 g/mol. The van der Waals surface area contributed by atoms with E-state index < -0.39 is 4.92 Å². The number of anilines is 1. The number of halogens is 1. The minimum absolute atomic E-state index is 0.0931. The summed E-state index contributed by atoms with van der Waals surface area (Å²) in [6.07, 6.45) is 0. The molecule has 5 nitrogen and oxygen atoms in total. The first-order chi connectivity index (χ1) is 10.8. The van der Waals surface area contributed by atoms with Gasteiger partial charge in [-0.2, -0.15) is 0 Å². The molecule has 0 saturated heterocycles. The van der Waals surface area contributed by atoms with E-state index in [1.165, 1.54) is 12.1 Å². The average Bonchev–Trinajstić information content (AvgIpc) is 2.49. The predicted molar refractivity (Wildman–Crippen MR) is 99.0 cm³/mol. The molecule has 2 rings (SSSR count). The Labute approximate surface area is 148 Å². The standard InChI is InChI=1S/C17H17IN2O3/c1-10(2)13-6-4-5-11(3)16(13)19-17(21)14-9-12(20(22)23)7-8-15(14)18/h4-10H,1-3H3,(H,19,21). The maximum atomic E-state index is 12.6. The molecule has 0 aromatic heterocycles. The van der Waals surface area contributed by atoms with Gasteiger partial charge in [0.05, 0.1) is 10.5 Å². The molecule has 0 aliphatic heterocycles. The van der Waals surface area contributed by atoms with Crippen molar-refractivity contribution in [2.75, 3.05) is 5.32 Å². The molecule has 0 aliphatic carbocycles. The second kappa shape index (κ2) is 7.08. The zero-order valence-corrected chi connectivity index (χ0v) is 15.2. The molecule has 2 aromatic carbocycles. The molecular weight excluding hydrogens is 407 g/mol. The van der Waals surface area contributed by atoms with Crippen molar-refractivity contribution in [2.45, 2.75) is 26.7 Å². The second-order valence-electron chi connectivity index (χ2n) is 5.57. The van der Waals surface area contributed by atoms with Crippen molar-refractivity contribution < 1.29 is 9.72 Å². The molecule has 0 atom stereocenters. The van der Waals surface area contributed by atoms with Gasteiger partial charge < -0.3 is 5.32 Å². The van der Waals surface area contributed by atoms with E-state index in [1.807, 2.05) is 47.7 Å². The maximum Gasteiger partial charge on any atom is 0.270 e. The Hall–Kier alpha value is -1.96. The molecule has 23 heavy (non-hydrogen) atoms. The topological polar surface area (TPSA) is 72.2 Å². The molecule has 0 aliphatic rings. The highest BCUT2D eigenvalue weighted by molar-refractivity contribution is 14.1. The number of para-hydroxylation sites is 1. The van der Waals surface area contributed by atoms with Crippen LogP contribution in [0.2, 0.25) is 0 Å². The van der Waals surface area contributed by atoms with Crippen molar-refractivity contribution in [3.05, 3.63) is 66.8 Å². The van der Waals surface area contributed by atoms with Gasteiger partial charge in [0.1, 0.15) is 0 Å². The molecule has 0 spiro atoms. The van der Waals surface area contributed by atoms with E-state index in [-0.39, 0.29) is 17.5 Å². The van der Waals surface area contributed by atoms with Crippen LogP contribution in [-0.2, 0) is 0 Å². The third kappa shape index (κ3) is 3.87. The molecular formula is C17H17IN2O3. The minimum atomic E-state index is -0.500. The van der Waals surface area contributed by atoms with E-state index >= 15 is 0 Å². The summed E-state index contributed by atoms with van der Waals surface area (Å²) in [5, 5.41) is 13.8. The van der Waals surface area contributed by atoms with Gasteiger partial charge in [-0.15, -0.1) is 0 Å². The van der Waals surface area contributed by atoms with Crippen molar-refractivity contribution in [1.82, 2.24) is 0 Å². The van der Waals surface area contributed by atoms with Crippen LogP contribution in [0.1, 0.15) is 41.3 Å². The van der Waals surface area contributed by atoms with Gasteiger partial charge in [0.15, 0.2) is 0 Å². The highest BCUT2D eigenvalue weighted by Crippen LogP contribution is 2.28. The number of nitrogens with one attached hydrogen (secondary N) is 1. The SMILES string of the molecule is Cc1cccc(C(C)C)c1NC(=O)c1cc([N+](=O)[O-])ccc1I. The largest absolute Gasteiger partial charge is 0.321 e. The number of nitrogens with zero attached hydrogens (tertiary/aromatic N) is 1. The number of carbonyl (C=O) groups excluding carboxylic acids is 1. The van der Waals surface area contributed by atoms with E-state index in [9.17, 15) is 14.9 Å². The van der Waals surface area contributed by atoms with Gasteiger partial charge in [0.2, 0.25) is 0 Å². The highest BCUT2D eigenvalue weighted by atomic mass is 127. The first-order valence-corrected chi connectivity index (χ1v) is 8.24. The second-order valence-corrected chi connectivity index (χ2v) is 6.73. The normalized spacial score (nSPS) is 10.7. The van der Waals surface area contributed by atoms with Crippen molar-refractivity contribution in [3.63, 3.8) is 0 Å². The number of nitro benzene ring substituents is 1. The van der Waals surface area contributed by atoms with Crippen LogP contribution in [0.25, 0.3) is 0 Å². The van der Waals surface area contributed by atoms with E-state index in [4.69, 9.17) is 0 Å². The summed E-state index contributed by atoms with van der Waals surface area (Å²) in [6.45, 7) is 6.04. The number of rotatable bonds is 4. The zero-order valence-electron chi connectivity index (χ0n) is 13.1. The third-order valence-corrected chi connectivity index (χ3v) is 4.51. The Kier molecular flexibility index (Phi) is 5.35. The van der Waals surface area contributed by atoms with Crippen LogP contribution in [0.3, 0.4) is 0 Å². The van der Waals surface area contributed by atoms with Gasteiger partial charge in [-0.25, -0.2) is 0 Å². The van der Waals surface area contributed by atoms with Gasteiger partial charge in [-0.05, 0) is 52.6 Å². The lowest BCUT2D eigenvalue weighted by Crippen LogP contribution is -2.16. The van der Waals surface area contributed by atoms with Crippen LogP contribution in [-0.4, -0.2) is 10.8 Å². The fourth-order valence-corrected chi connectivity index (χ4v) is 2.90. The molecule has 0 unspecified atom stereocenters. The highest BCUT2D eigenvalue weighted by Gasteiger charge is 2.18. The van der Waals surface area contributed by atoms with E-state index in [0.717, 1.165) is 16.8 Å². The molecule has 0 heterocycles. The van der Waals surface area contributed by atoms with Crippen LogP contribution in [0.15, 0.2) is 36.4 Å². The zero-order chi connectivity index (χ0) is 17.1. The average molecular weight is 424 g/mol. The molecule has 0 bridgehead atoms. The summed E-state index contributed by atoms with van der Waals surface area (Å²) < 4.78 is 0.672. The summed E-state index contributed by atoms with van der Waals surface area (Å²) >= 11 is 2.01. The van der Waals surface area contributed by atoms with Gasteiger partial charge in [0, 0.05) is 21.4 Å². The molecule has 1 N–H and O–H groups in total. The summed E-state index contributed by atoms with van der Waals surface area (Å²) in [7, 11) is 0. The first kappa shape index (κ1) is 17.4. The number of hydrogen-bond acceptors (Lipinski definition) is 3. The lowest BCUT2D eigenvalue weighted by molar-refractivity contribution is -0.384. The van der Waals surface area contributed by atoms with Crippen LogP contribution >= 0.6 is 22.6 Å². The van der Waals surface area contributed by atoms with E-state index in [0.29, 0.717) is 9.13 Å². The summed E-state index contributed by atoms with van der Waals surface area (Å²) in [6, 6.07) is 10.1. The van der Waals surface area contributed by atoms with Gasteiger partial charge in [-0.3, -0.25) is 14.9 Å².